The summed E-state index contributed by atoms with van der Waals surface area (Å²) in [7, 11) is -3.08. The first kappa shape index (κ1) is 18.0. The molecule has 1 aromatic rings. The Labute approximate surface area is 130 Å². The molecular weight excluding hydrogens is 308 g/mol. The maximum absolute atomic E-state index is 11.7. The van der Waals surface area contributed by atoms with Crippen molar-refractivity contribution in [3.63, 3.8) is 0 Å². The van der Waals surface area contributed by atoms with Crippen LogP contribution in [0.4, 0.5) is 0 Å². The number of carbonyl (C=O) groups is 1. The average molecular weight is 330 g/mol. The van der Waals surface area contributed by atoms with Crippen LogP contribution >= 0.6 is 11.8 Å². The summed E-state index contributed by atoms with van der Waals surface area (Å²) in [5.74, 6) is 0.371. The van der Waals surface area contributed by atoms with E-state index >= 15 is 0 Å². The first-order valence-electron chi connectivity index (χ1n) is 6.68. The van der Waals surface area contributed by atoms with E-state index in [0.717, 1.165) is 16.9 Å². The molecule has 3 N–H and O–H groups in total. The Morgan fingerprint density at radius 3 is 2.52 bits per heavy atom. The largest absolute Gasteiger partial charge is 0.354 e. The number of benzene rings is 1. The van der Waals surface area contributed by atoms with Gasteiger partial charge in [0.15, 0.2) is 0 Å². The molecule has 5 nitrogen and oxygen atoms in total. The van der Waals surface area contributed by atoms with E-state index in [4.69, 9.17) is 5.73 Å². The van der Waals surface area contributed by atoms with Crippen LogP contribution in [0.2, 0.25) is 0 Å². The quantitative estimate of drug-likeness (QED) is 0.547. The van der Waals surface area contributed by atoms with E-state index in [9.17, 15) is 13.2 Å². The zero-order valence-corrected chi connectivity index (χ0v) is 14.0. The van der Waals surface area contributed by atoms with E-state index in [1.54, 1.807) is 11.8 Å². The lowest BCUT2D eigenvalue weighted by atomic mass is 10.2. The Morgan fingerprint density at radius 1 is 1.33 bits per heavy atom. The Morgan fingerprint density at radius 2 is 1.95 bits per heavy atom. The molecule has 0 spiro atoms. The minimum Gasteiger partial charge on any atom is -0.354 e. The predicted molar refractivity (Wildman–Crippen MR) is 87.2 cm³/mol. The van der Waals surface area contributed by atoms with Gasteiger partial charge in [0, 0.05) is 23.4 Å². The monoisotopic (exact) mass is 330 g/mol. The molecule has 1 amide bonds. The summed E-state index contributed by atoms with van der Waals surface area (Å²) in [5, 5.41) is 2.72. The second-order valence-electron chi connectivity index (χ2n) is 4.98. The number of nitrogens with one attached hydrogen (secondary N) is 1. The van der Waals surface area contributed by atoms with Crippen LogP contribution in [0.25, 0.3) is 0 Å². The number of hydrogen-bond acceptors (Lipinski definition) is 5. The van der Waals surface area contributed by atoms with Gasteiger partial charge in [-0.15, -0.1) is 11.8 Å². The van der Waals surface area contributed by atoms with Crippen LogP contribution in [-0.4, -0.2) is 44.7 Å². The van der Waals surface area contributed by atoms with Gasteiger partial charge in [-0.3, -0.25) is 4.79 Å². The van der Waals surface area contributed by atoms with Crippen LogP contribution in [0.15, 0.2) is 29.2 Å². The van der Waals surface area contributed by atoms with Gasteiger partial charge in [0.25, 0.3) is 0 Å². The van der Waals surface area contributed by atoms with Crippen molar-refractivity contribution >= 4 is 27.5 Å². The first-order valence-corrected chi connectivity index (χ1v) is 9.73. The fraction of sp³-hybridized carbons (Fsp3) is 0.500. The second-order valence-corrected chi connectivity index (χ2v) is 8.41. The van der Waals surface area contributed by atoms with Gasteiger partial charge in [-0.2, -0.15) is 0 Å². The lowest BCUT2D eigenvalue weighted by molar-refractivity contribution is -0.122. The van der Waals surface area contributed by atoms with Crippen LogP contribution in [0, 0.1) is 6.92 Å². The van der Waals surface area contributed by atoms with Gasteiger partial charge in [0.05, 0.1) is 11.8 Å². The van der Waals surface area contributed by atoms with Crippen molar-refractivity contribution in [2.24, 2.45) is 5.73 Å². The van der Waals surface area contributed by atoms with Gasteiger partial charge in [-0.25, -0.2) is 8.42 Å². The van der Waals surface area contributed by atoms with Crippen LogP contribution in [0.5, 0.6) is 0 Å². The van der Waals surface area contributed by atoms with Crippen LogP contribution < -0.4 is 11.1 Å². The molecule has 1 unspecified atom stereocenters. The second kappa shape index (κ2) is 8.41. The zero-order chi connectivity index (χ0) is 15.9. The summed E-state index contributed by atoms with van der Waals surface area (Å²) < 4.78 is 22.0. The first-order chi connectivity index (χ1) is 9.78. The summed E-state index contributed by atoms with van der Waals surface area (Å²) in [6.07, 6.45) is 1.28. The smallest absolute Gasteiger partial charge is 0.236 e. The summed E-state index contributed by atoms with van der Waals surface area (Å²) in [6.45, 7) is 2.54. The number of aryl methyl sites for hydroxylation is 1. The van der Waals surface area contributed by atoms with Crippen molar-refractivity contribution in [3.8, 4) is 0 Å². The molecule has 0 aliphatic carbocycles. The predicted octanol–water partition coefficient (Wildman–Crippen LogP) is 0.965. The van der Waals surface area contributed by atoms with E-state index in [1.165, 1.54) is 5.56 Å². The number of sulfone groups is 1. The number of carbonyl (C=O) groups excluding carboxylic acids is 1. The average Bonchev–Trinajstić information content (AvgIpc) is 2.41. The Bertz CT molecular complexity index is 556. The lowest BCUT2D eigenvalue weighted by Gasteiger charge is -2.11. The van der Waals surface area contributed by atoms with Gasteiger partial charge in [-0.05, 0) is 25.5 Å². The summed E-state index contributed by atoms with van der Waals surface area (Å²) in [6, 6.07) is 7.40. The zero-order valence-electron chi connectivity index (χ0n) is 12.3. The summed E-state index contributed by atoms with van der Waals surface area (Å²) in [5.41, 5.74) is 6.86. The van der Waals surface area contributed by atoms with Gasteiger partial charge in [0.2, 0.25) is 5.91 Å². The minimum atomic E-state index is -3.08. The van der Waals surface area contributed by atoms with E-state index in [-0.39, 0.29) is 18.1 Å². The highest BCUT2D eigenvalue weighted by atomic mass is 32.2. The van der Waals surface area contributed by atoms with E-state index in [2.05, 4.69) is 5.32 Å². The Balaban J connectivity index is 2.22. The van der Waals surface area contributed by atoms with Crippen LogP contribution in [-0.2, 0) is 14.6 Å². The maximum Gasteiger partial charge on any atom is 0.236 e. The molecule has 7 heteroatoms. The molecule has 0 saturated carbocycles. The van der Waals surface area contributed by atoms with Crippen molar-refractivity contribution in [1.82, 2.24) is 5.32 Å². The molecule has 1 aromatic carbocycles. The van der Waals surface area contributed by atoms with Gasteiger partial charge in [-0.1, -0.05) is 17.7 Å². The third kappa shape index (κ3) is 8.08. The van der Waals surface area contributed by atoms with Crippen LogP contribution in [0.3, 0.4) is 0 Å². The Hall–Kier alpha value is -1.05. The van der Waals surface area contributed by atoms with Crippen LogP contribution in [0.1, 0.15) is 12.0 Å². The molecule has 0 heterocycles. The molecule has 21 heavy (non-hydrogen) atoms. The summed E-state index contributed by atoms with van der Waals surface area (Å²) in [4.78, 5) is 12.8. The molecule has 0 saturated heterocycles. The molecule has 0 bridgehead atoms. The van der Waals surface area contributed by atoms with E-state index in [0.29, 0.717) is 6.54 Å². The van der Waals surface area contributed by atoms with Gasteiger partial charge >= 0.3 is 0 Å². The highest BCUT2D eigenvalue weighted by molar-refractivity contribution is 7.99. The standard InChI is InChI=1S/C14H22N2O3S2/c1-11-3-5-12(6-4-11)20-9-8-16-14(17)13(15)7-10-21(2,18)19/h3-6,13H,7-10,15H2,1-2H3,(H,16,17). The van der Waals surface area contributed by atoms with Crippen molar-refractivity contribution in [3.05, 3.63) is 29.8 Å². The van der Waals surface area contributed by atoms with E-state index < -0.39 is 15.9 Å². The van der Waals surface area contributed by atoms with Crippen molar-refractivity contribution < 1.29 is 13.2 Å². The molecule has 0 fully saturated rings. The molecule has 118 valence electrons. The van der Waals surface area contributed by atoms with Crippen molar-refractivity contribution in [2.75, 3.05) is 24.3 Å². The summed E-state index contributed by atoms with van der Waals surface area (Å²) >= 11 is 1.65. The minimum absolute atomic E-state index is 0.0697. The van der Waals surface area contributed by atoms with E-state index in [1.807, 2.05) is 31.2 Å². The highest BCUT2D eigenvalue weighted by Gasteiger charge is 2.15. The Kier molecular flexibility index (Phi) is 7.21. The number of thioether (sulfide) groups is 1. The highest BCUT2D eigenvalue weighted by Crippen LogP contribution is 2.17. The van der Waals surface area contributed by atoms with Crippen molar-refractivity contribution in [2.45, 2.75) is 24.3 Å². The van der Waals surface area contributed by atoms with Gasteiger partial charge in [0.1, 0.15) is 9.84 Å². The number of nitrogens with two attached hydrogens (primary N) is 1. The van der Waals surface area contributed by atoms with Crippen molar-refractivity contribution in [1.29, 1.82) is 0 Å². The SMILES string of the molecule is Cc1ccc(SCCNC(=O)C(N)CCS(C)(=O)=O)cc1. The third-order valence-corrected chi connectivity index (χ3v) is 4.82. The maximum atomic E-state index is 11.7. The van der Waals surface area contributed by atoms with Gasteiger partial charge < -0.3 is 11.1 Å². The lowest BCUT2D eigenvalue weighted by Crippen LogP contribution is -2.42. The molecule has 0 aliphatic rings. The number of hydrogen-bond donors (Lipinski definition) is 2. The molecule has 1 rings (SSSR count). The molecular formula is C14H22N2O3S2. The normalized spacial score (nSPS) is 12.9. The number of rotatable bonds is 8. The molecule has 0 aromatic heterocycles. The molecule has 0 aliphatic heterocycles. The molecule has 0 radical (unpaired) electrons. The molecule has 1 atom stereocenters. The third-order valence-electron chi connectivity index (χ3n) is 2.83. The fourth-order valence-corrected chi connectivity index (χ4v) is 3.03. The topological polar surface area (TPSA) is 89.3 Å². The fourth-order valence-electron chi connectivity index (χ4n) is 1.58. The number of amides is 1.